The van der Waals surface area contributed by atoms with Crippen LogP contribution in [0.1, 0.15) is 24.2 Å². The van der Waals surface area contributed by atoms with Crippen molar-refractivity contribution in [3.05, 3.63) is 62.5 Å². The van der Waals surface area contributed by atoms with Gasteiger partial charge in [0.05, 0.1) is 32.3 Å². The minimum absolute atomic E-state index is 0.0674. The molecule has 0 saturated carbocycles. The second-order valence-corrected chi connectivity index (χ2v) is 10.5. The maximum absolute atomic E-state index is 15.2. The first-order valence-electron chi connectivity index (χ1n) is 11.2. The largest absolute Gasteiger partial charge is 0.366 e. The molecule has 2 atom stereocenters. The van der Waals surface area contributed by atoms with Crippen molar-refractivity contribution in [2.24, 2.45) is 0 Å². The number of hydrogen-bond donors (Lipinski definition) is 2. The van der Waals surface area contributed by atoms with Gasteiger partial charge in [0.2, 0.25) is 0 Å². The number of carbonyl (C=O) groups excluding carboxylic acids is 1. The lowest BCUT2D eigenvalue weighted by molar-refractivity contribution is 0.102. The van der Waals surface area contributed by atoms with E-state index in [9.17, 15) is 4.79 Å². The summed E-state index contributed by atoms with van der Waals surface area (Å²) in [7, 11) is 2.07. The normalized spacial score (nSPS) is 18.9. The zero-order valence-corrected chi connectivity index (χ0v) is 21.7. The molecule has 1 fully saturated rings. The summed E-state index contributed by atoms with van der Waals surface area (Å²) >= 11 is 14.4. The lowest BCUT2D eigenvalue weighted by atomic mass is 10.1. The Labute approximate surface area is 216 Å². The van der Waals surface area contributed by atoms with E-state index in [0.29, 0.717) is 40.9 Å². The summed E-state index contributed by atoms with van der Waals surface area (Å²) in [6, 6.07) is 8.38. The highest BCUT2D eigenvalue weighted by Gasteiger charge is 2.29. The van der Waals surface area contributed by atoms with Crippen LogP contribution in [-0.4, -0.2) is 53.0 Å². The number of aromatic amines is 1. The average molecular weight is 532 g/mol. The molecule has 0 spiro atoms. The monoisotopic (exact) mass is 531 g/mol. The molecule has 3 heterocycles. The number of anilines is 2. The number of likely N-dealkylation sites (N-methyl/N-ethyl adjacent to an activating group) is 1. The number of hydrogen-bond acceptors (Lipinski definition) is 5. The van der Waals surface area contributed by atoms with Gasteiger partial charge in [0.15, 0.2) is 0 Å². The molecule has 2 N–H and O–H groups in total. The number of thiophene rings is 1. The first-order chi connectivity index (χ1) is 16.7. The number of aromatic nitrogens is 2. The number of H-pyrrole nitrogens is 1. The SMILES string of the molecule is C[C@@H]1CN(c2cc(Cl)c(C(=O)Nc3ccc(Cl)c(-c4nc5cscc5[nH]4)c3)cc2F)C[C@H](C)N1C. The third-order valence-electron chi connectivity index (χ3n) is 6.59. The van der Waals surface area contributed by atoms with E-state index in [1.807, 2.05) is 15.7 Å². The van der Waals surface area contributed by atoms with Crippen LogP contribution in [0.5, 0.6) is 0 Å². The molecule has 10 heteroatoms. The van der Waals surface area contributed by atoms with Crippen LogP contribution in [-0.2, 0) is 0 Å². The minimum atomic E-state index is -0.506. The number of fused-ring (bicyclic) bond motifs is 1. The van der Waals surface area contributed by atoms with E-state index < -0.39 is 11.7 Å². The molecule has 2 aromatic heterocycles. The van der Waals surface area contributed by atoms with Gasteiger partial charge in [-0.05, 0) is 51.2 Å². The number of nitrogens with zero attached hydrogens (tertiary/aromatic N) is 3. The fourth-order valence-electron chi connectivity index (χ4n) is 4.41. The molecular formula is C25H24Cl2FN5OS. The highest BCUT2D eigenvalue weighted by molar-refractivity contribution is 7.09. The Morgan fingerprint density at radius 3 is 2.60 bits per heavy atom. The molecule has 1 saturated heterocycles. The zero-order chi connectivity index (χ0) is 24.9. The van der Waals surface area contributed by atoms with Crippen LogP contribution >= 0.6 is 34.5 Å². The Morgan fingerprint density at radius 1 is 1.14 bits per heavy atom. The van der Waals surface area contributed by atoms with Crippen molar-refractivity contribution in [1.82, 2.24) is 14.9 Å². The molecule has 0 radical (unpaired) electrons. The summed E-state index contributed by atoms with van der Waals surface area (Å²) in [5, 5.41) is 7.40. The highest BCUT2D eigenvalue weighted by atomic mass is 35.5. The molecule has 4 aromatic rings. The fourth-order valence-corrected chi connectivity index (χ4v) is 5.55. The van der Waals surface area contributed by atoms with Crippen molar-refractivity contribution in [2.45, 2.75) is 25.9 Å². The molecule has 0 unspecified atom stereocenters. The van der Waals surface area contributed by atoms with Gasteiger partial charge in [-0.2, -0.15) is 0 Å². The minimum Gasteiger partial charge on any atom is -0.366 e. The van der Waals surface area contributed by atoms with Gasteiger partial charge in [-0.1, -0.05) is 23.2 Å². The molecule has 0 aliphatic carbocycles. The van der Waals surface area contributed by atoms with E-state index in [-0.39, 0.29) is 22.7 Å². The van der Waals surface area contributed by atoms with Gasteiger partial charge in [0.25, 0.3) is 5.91 Å². The van der Waals surface area contributed by atoms with Gasteiger partial charge in [0.1, 0.15) is 11.6 Å². The Kier molecular flexibility index (Phi) is 6.48. The van der Waals surface area contributed by atoms with E-state index in [1.165, 1.54) is 6.07 Å². The van der Waals surface area contributed by atoms with E-state index in [2.05, 4.69) is 41.1 Å². The predicted octanol–water partition coefficient (Wildman–Crippen LogP) is 6.52. The Bertz CT molecular complexity index is 1380. The zero-order valence-electron chi connectivity index (χ0n) is 19.4. The van der Waals surface area contributed by atoms with Gasteiger partial charge >= 0.3 is 0 Å². The molecule has 2 aromatic carbocycles. The summed E-state index contributed by atoms with van der Waals surface area (Å²) in [6.45, 7) is 5.57. The van der Waals surface area contributed by atoms with Crippen LogP contribution in [0.3, 0.4) is 0 Å². The summed E-state index contributed by atoms with van der Waals surface area (Å²) in [5.41, 5.74) is 3.39. The summed E-state index contributed by atoms with van der Waals surface area (Å²) in [6.07, 6.45) is 0. The second kappa shape index (κ2) is 9.43. The van der Waals surface area contributed by atoms with E-state index in [1.54, 1.807) is 35.6 Å². The molecule has 5 rings (SSSR count). The standard InChI is InChI=1S/C25H24Cl2FN5OS/c1-13-9-33(10-14(2)32(13)3)23-8-19(27)17(7-20(23)28)25(34)29-15-4-5-18(26)16(6-15)24-30-21-11-35-12-22(21)31-24/h4-8,11-14H,9-10H2,1-3H3,(H,29,34)(H,30,31)/t13-,14+. The van der Waals surface area contributed by atoms with E-state index >= 15 is 4.39 Å². The van der Waals surface area contributed by atoms with E-state index in [0.717, 1.165) is 11.0 Å². The first-order valence-corrected chi connectivity index (χ1v) is 12.9. The van der Waals surface area contributed by atoms with Gasteiger partial charge in [-0.3, -0.25) is 9.69 Å². The van der Waals surface area contributed by atoms with E-state index in [4.69, 9.17) is 23.2 Å². The van der Waals surface area contributed by atoms with Crippen LogP contribution < -0.4 is 10.2 Å². The first kappa shape index (κ1) is 24.1. The highest BCUT2D eigenvalue weighted by Crippen LogP contribution is 2.33. The van der Waals surface area contributed by atoms with Crippen LogP contribution in [0.25, 0.3) is 22.4 Å². The molecule has 1 aliphatic heterocycles. The van der Waals surface area contributed by atoms with Crippen LogP contribution in [0, 0.1) is 5.82 Å². The van der Waals surface area contributed by atoms with Crippen molar-refractivity contribution >= 4 is 62.9 Å². The lowest BCUT2D eigenvalue weighted by Gasteiger charge is -2.43. The molecule has 1 aliphatic rings. The topological polar surface area (TPSA) is 64.3 Å². The Hall–Kier alpha value is -2.65. The Balaban J connectivity index is 1.38. The number of carbonyl (C=O) groups is 1. The summed E-state index contributed by atoms with van der Waals surface area (Å²) in [4.78, 5) is 25.1. The third kappa shape index (κ3) is 4.63. The van der Waals surface area contributed by atoms with Gasteiger partial charge in [0, 0.05) is 47.2 Å². The summed E-state index contributed by atoms with van der Waals surface area (Å²) < 4.78 is 15.2. The molecule has 182 valence electrons. The van der Waals surface area contributed by atoms with Crippen LogP contribution in [0.2, 0.25) is 10.0 Å². The predicted molar refractivity (Wildman–Crippen MR) is 143 cm³/mol. The lowest BCUT2D eigenvalue weighted by Crippen LogP contribution is -2.55. The maximum Gasteiger partial charge on any atom is 0.257 e. The number of benzene rings is 2. The quantitative estimate of drug-likeness (QED) is 0.314. The summed E-state index contributed by atoms with van der Waals surface area (Å²) in [5.74, 6) is -0.377. The van der Waals surface area contributed by atoms with Crippen LogP contribution in [0.15, 0.2) is 41.1 Å². The van der Waals surface area contributed by atoms with Crippen LogP contribution in [0.4, 0.5) is 15.8 Å². The molecule has 1 amide bonds. The smallest absolute Gasteiger partial charge is 0.257 e. The van der Waals surface area contributed by atoms with Crippen molar-refractivity contribution in [2.75, 3.05) is 30.4 Å². The molecule has 35 heavy (non-hydrogen) atoms. The molecule has 6 nitrogen and oxygen atoms in total. The average Bonchev–Trinajstić information content (AvgIpc) is 3.42. The third-order valence-corrected chi connectivity index (χ3v) is 7.96. The number of halogens is 3. The van der Waals surface area contributed by atoms with Crippen molar-refractivity contribution in [3.63, 3.8) is 0 Å². The van der Waals surface area contributed by atoms with Crippen molar-refractivity contribution in [1.29, 1.82) is 0 Å². The molecule has 0 bridgehead atoms. The van der Waals surface area contributed by atoms with Gasteiger partial charge in [-0.25, -0.2) is 9.37 Å². The molecular weight excluding hydrogens is 508 g/mol. The number of amides is 1. The van der Waals surface area contributed by atoms with Crippen molar-refractivity contribution < 1.29 is 9.18 Å². The number of imidazole rings is 1. The fraction of sp³-hybridized carbons (Fsp3) is 0.280. The Morgan fingerprint density at radius 2 is 1.89 bits per heavy atom. The van der Waals surface area contributed by atoms with Gasteiger partial charge in [-0.15, -0.1) is 11.3 Å². The number of rotatable bonds is 4. The second-order valence-electron chi connectivity index (χ2n) is 8.96. The van der Waals surface area contributed by atoms with Gasteiger partial charge < -0.3 is 15.2 Å². The number of nitrogens with one attached hydrogen (secondary N) is 2. The maximum atomic E-state index is 15.2. The van der Waals surface area contributed by atoms with Crippen molar-refractivity contribution in [3.8, 4) is 11.4 Å². The number of piperazine rings is 1.